The van der Waals surface area contributed by atoms with Gasteiger partial charge in [0.25, 0.3) is 11.5 Å². The van der Waals surface area contributed by atoms with Gasteiger partial charge in [0.1, 0.15) is 5.69 Å². The van der Waals surface area contributed by atoms with Crippen LogP contribution in [0.4, 0.5) is 5.69 Å². The van der Waals surface area contributed by atoms with Crippen molar-refractivity contribution in [2.45, 2.75) is 18.9 Å². The van der Waals surface area contributed by atoms with E-state index in [1.807, 2.05) is 47.6 Å². The second kappa shape index (κ2) is 7.83. The molecular weight excluding hydrogens is 374 g/mol. The molecule has 2 unspecified atom stereocenters. The van der Waals surface area contributed by atoms with Crippen LogP contribution in [0.15, 0.2) is 47.3 Å². The zero-order chi connectivity index (χ0) is 19.7. The molecule has 1 N–H and O–H groups in total. The van der Waals surface area contributed by atoms with Crippen molar-refractivity contribution in [1.29, 1.82) is 0 Å². The van der Waals surface area contributed by atoms with Gasteiger partial charge in [0.05, 0.1) is 5.75 Å². The Balaban J connectivity index is 1.57. The minimum absolute atomic E-state index is 0.0482. The van der Waals surface area contributed by atoms with Crippen molar-refractivity contribution in [3.05, 3.63) is 64.1 Å². The monoisotopic (exact) mass is 397 g/mol. The number of amides is 2. The number of carbonyl (C=O) groups is 2. The van der Waals surface area contributed by atoms with E-state index in [0.29, 0.717) is 36.6 Å². The van der Waals surface area contributed by atoms with E-state index in [4.69, 9.17) is 0 Å². The topological polar surface area (TPSA) is 71.4 Å². The predicted octanol–water partition coefficient (Wildman–Crippen LogP) is 2.41. The number of hydrogen-bond donors (Lipinski definition) is 1. The molecule has 0 spiro atoms. The number of anilines is 1. The Morgan fingerprint density at radius 3 is 2.64 bits per heavy atom. The molecular formula is C21H23N3O3S. The van der Waals surface area contributed by atoms with Crippen LogP contribution in [-0.2, 0) is 11.3 Å². The van der Waals surface area contributed by atoms with Gasteiger partial charge in [0.15, 0.2) is 0 Å². The van der Waals surface area contributed by atoms with Crippen LogP contribution < -0.4 is 10.9 Å². The molecule has 1 aromatic carbocycles. The molecule has 2 amide bonds. The summed E-state index contributed by atoms with van der Waals surface area (Å²) < 4.78 is 1.79. The van der Waals surface area contributed by atoms with Gasteiger partial charge in [-0.05, 0) is 42.9 Å². The van der Waals surface area contributed by atoms with Gasteiger partial charge >= 0.3 is 0 Å². The molecule has 1 aromatic heterocycles. The van der Waals surface area contributed by atoms with Gasteiger partial charge in [-0.25, -0.2) is 0 Å². The number of fused-ring (bicyclic) bond motifs is 4. The first kappa shape index (κ1) is 18.8. The minimum Gasteiger partial charge on any atom is -0.338 e. The quantitative estimate of drug-likeness (QED) is 0.860. The summed E-state index contributed by atoms with van der Waals surface area (Å²) in [4.78, 5) is 39.5. The summed E-state index contributed by atoms with van der Waals surface area (Å²) >= 11 is 1.42. The normalized spacial score (nSPS) is 20.4. The fraction of sp³-hybridized carbons (Fsp3) is 0.381. The van der Waals surface area contributed by atoms with E-state index in [9.17, 15) is 14.4 Å². The third-order valence-electron chi connectivity index (χ3n) is 5.46. The molecule has 1 saturated heterocycles. The number of aromatic nitrogens is 1. The first-order chi connectivity index (χ1) is 13.6. The van der Waals surface area contributed by atoms with E-state index in [2.05, 4.69) is 5.32 Å². The van der Waals surface area contributed by atoms with E-state index in [1.165, 1.54) is 11.8 Å². The van der Waals surface area contributed by atoms with Crippen molar-refractivity contribution in [2.24, 2.45) is 5.92 Å². The Bertz CT molecular complexity index is 957. The number of nitrogens with zero attached hydrogens (tertiary/aromatic N) is 2. The van der Waals surface area contributed by atoms with Gasteiger partial charge in [0.2, 0.25) is 5.91 Å². The Hall–Kier alpha value is -2.54. The second-order valence-electron chi connectivity index (χ2n) is 7.44. The number of rotatable bonds is 4. The van der Waals surface area contributed by atoms with Crippen molar-refractivity contribution in [3.63, 3.8) is 0 Å². The van der Waals surface area contributed by atoms with Gasteiger partial charge in [-0.1, -0.05) is 18.2 Å². The van der Waals surface area contributed by atoms with Gasteiger partial charge in [-0.15, -0.1) is 0 Å². The van der Waals surface area contributed by atoms with Gasteiger partial charge in [-0.3, -0.25) is 14.4 Å². The third kappa shape index (κ3) is 3.58. The van der Waals surface area contributed by atoms with Crippen LogP contribution in [0.5, 0.6) is 0 Å². The standard InChI is InChI=1S/C21H23N3O3S/c1-28-13-19(25)22-17-7-8-18-16-9-14(11-24(18)21(17)27)10-23(12-16)20(26)15-5-3-2-4-6-15/h2-8,14,16H,9-13H2,1H3,(H,22,25). The summed E-state index contributed by atoms with van der Waals surface area (Å²) in [6.07, 6.45) is 2.83. The largest absolute Gasteiger partial charge is 0.338 e. The van der Waals surface area contributed by atoms with E-state index >= 15 is 0 Å². The molecule has 146 valence electrons. The third-order valence-corrected chi connectivity index (χ3v) is 6.01. The second-order valence-corrected chi connectivity index (χ2v) is 8.31. The van der Waals surface area contributed by atoms with Crippen molar-refractivity contribution in [1.82, 2.24) is 9.47 Å². The smallest absolute Gasteiger partial charge is 0.274 e. The maximum atomic E-state index is 12.9. The van der Waals surface area contributed by atoms with Crippen LogP contribution in [-0.4, -0.2) is 46.4 Å². The first-order valence-corrected chi connectivity index (χ1v) is 10.8. The zero-order valence-electron chi connectivity index (χ0n) is 15.8. The lowest BCUT2D eigenvalue weighted by atomic mass is 9.83. The molecule has 28 heavy (non-hydrogen) atoms. The Morgan fingerprint density at radius 1 is 1.11 bits per heavy atom. The van der Waals surface area contributed by atoms with Gasteiger partial charge in [-0.2, -0.15) is 11.8 Å². The highest BCUT2D eigenvalue weighted by atomic mass is 32.2. The highest BCUT2D eigenvalue weighted by Crippen LogP contribution is 2.36. The number of carbonyl (C=O) groups excluding carboxylic acids is 2. The van der Waals surface area contributed by atoms with Crippen LogP contribution >= 0.6 is 11.8 Å². The zero-order valence-corrected chi connectivity index (χ0v) is 16.6. The summed E-state index contributed by atoms with van der Waals surface area (Å²) in [6, 6.07) is 13.0. The van der Waals surface area contributed by atoms with Crippen molar-refractivity contribution < 1.29 is 9.59 Å². The van der Waals surface area contributed by atoms with E-state index < -0.39 is 0 Å². The molecule has 2 aliphatic rings. The highest BCUT2D eigenvalue weighted by Gasteiger charge is 2.36. The van der Waals surface area contributed by atoms with Crippen LogP contribution in [0.3, 0.4) is 0 Å². The van der Waals surface area contributed by atoms with E-state index in [-0.39, 0.29) is 29.2 Å². The number of benzene rings is 1. The van der Waals surface area contributed by atoms with E-state index in [0.717, 1.165) is 12.1 Å². The van der Waals surface area contributed by atoms with Crippen molar-refractivity contribution >= 4 is 29.3 Å². The summed E-state index contributed by atoms with van der Waals surface area (Å²) in [5, 5.41) is 2.72. The van der Waals surface area contributed by atoms with Crippen molar-refractivity contribution in [3.8, 4) is 0 Å². The fourth-order valence-electron chi connectivity index (χ4n) is 4.29. The summed E-state index contributed by atoms with van der Waals surface area (Å²) in [6.45, 7) is 1.84. The maximum Gasteiger partial charge on any atom is 0.274 e. The number of likely N-dealkylation sites (tertiary alicyclic amines) is 1. The maximum absolute atomic E-state index is 12.9. The Morgan fingerprint density at radius 2 is 1.89 bits per heavy atom. The molecule has 2 bridgehead atoms. The number of nitrogens with one attached hydrogen (secondary N) is 1. The lowest BCUT2D eigenvalue weighted by Crippen LogP contribution is -2.49. The number of thioether (sulfide) groups is 1. The van der Waals surface area contributed by atoms with Crippen LogP contribution in [0, 0.1) is 5.92 Å². The molecule has 0 aliphatic carbocycles. The average molecular weight is 398 g/mol. The van der Waals surface area contributed by atoms with Crippen LogP contribution in [0.25, 0.3) is 0 Å². The molecule has 2 atom stereocenters. The number of piperidine rings is 1. The first-order valence-electron chi connectivity index (χ1n) is 9.43. The van der Waals surface area contributed by atoms with Gasteiger partial charge in [0, 0.05) is 36.8 Å². The molecule has 1 fully saturated rings. The predicted molar refractivity (Wildman–Crippen MR) is 111 cm³/mol. The molecule has 6 nitrogen and oxygen atoms in total. The average Bonchev–Trinajstić information content (AvgIpc) is 2.70. The molecule has 0 radical (unpaired) electrons. The SMILES string of the molecule is CSCC(=O)Nc1ccc2n(c1=O)CC1CC2CN(C(=O)c2ccccc2)C1. The summed E-state index contributed by atoms with van der Waals surface area (Å²) in [5.41, 5.74) is 1.84. The molecule has 7 heteroatoms. The highest BCUT2D eigenvalue weighted by molar-refractivity contribution is 7.99. The Kier molecular flexibility index (Phi) is 5.26. The molecule has 3 heterocycles. The van der Waals surface area contributed by atoms with Gasteiger partial charge < -0.3 is 14.8 Å². The van der Waals surface area contributed by atoms with Crippen molar-refractivity contribution in [2.75, 3.05) is 30.4 Å². The molecule has 2 aromatic rings. The van der Waals surface area contributed by atoms with Crippen LogP contribution in [0.1, 0.15) is 28.4 Å². The summed E-state index contributed by atoms with van der Waals surface area (Å²) in [7, 11) is 0. The number of pyridine rings is 1. The molecule has 2 aliphatic heterocycles. The Labute approximate surface area is 167 Å². The number of hydrogen-bond acceptors (Lipinski definition) is 4. The fourth-order valence-corrected chi connectivity index (χ4v) is 4.62. The molecule has 4 rings (SSSR count). The van der Waals surface area contributed by atoms with Crippen LogP contribution in [0.2, 0.25) is 0 Å². The minimum atomic E-state index is -0.166. The van der Waals surface area contributed by atoms with E-state index in [1.54, 1.807) is 10.6 Å². The lowest BCUT2D eigenvalue weighted by Gasteiger charge is -2.43. The lowest BCUT2D eigenvalue weighted by molar-refractivity contribution is -0.113. The molecule has 0 saturated carbocycles. The summed E-state index contributed by atoms with van der Waals surface area (Å²) in [5.74, 6) is 0.591.